The highest BCUT2D eigenvalue weighted by Gasteiger charge is 2.13. The number of hydrogen-bond acceptors (Lipinski definition) is 1. The molecule has 2 N–H and O–H groups in total. The molecule has 0 aliphatic carbocycles. The van der Waals surface area contributed by atoms with E-state index < -0.39 is 17.5 Å². The summed E-state index contributed by atoms with van der Waals surface area (Å²) in [5, 5.41) is 3.23. The molecule has 0 saturated heterocycles. The fourth-order valence-electron chi connectivity index (χ4n) is 2.01. The van der Waals surface area contributed by atoms with E-state index in [1.54, 1.807) is 24.4 Å². The van der Waals surface area contributed by atoms with E-state index in [0.717, 1.165) is 23.0 Å². The topological polar surface area (TPSA) is 44.9 Å². The van der Waals surface area contributed by atoms with Gasteiger partial charge in [0.1, 0.15) is 11.6 Å². The van der Waals surface area contributed by atoms with Crippen LogP contribution in [0.15, 0.2) is 47.1 Å². The van der Waals surface area contributed by atoms with Crippen molar-refractivity contribution in [2.75, 3.05) is 5.32 Å². The van der Waals surface area contributed by atoms with Gasteiger partial charge >= 0.3 is 0 Å². The maximum atomic E-state index is 13.7. The molecule has 3 rings (SSSR count). The van der Waals surface area contributed by atoms with Crippen LogP contribution in [-0.4, -0.2) is 10.9 Å². The van der Waals surface area contributed by atoms with Crippen molar-refractivity contribution in [3.05, 3.63) is 64.3 Å². The van der Waals surface area contributed by atoms with Gasteiger partial charge in [-0.15, -0.1) is 0 Å². The molecule has 1 heterocycles. The van der Waals surface area contributed by atoms with E-state index in [1.165, 1.54) is 0 Å². The van der Waals surface area contributed by atoms with Crippen molar-refractivity contribution in [1.29, 1.82) is 0 Å². The molecule has 6 heteroatoms. The van der Waals surface area contributed by atoms with Gasteiger partial charge in [0.05, 0.1) is 10.2 Å². The van der Waals surface area contributed by atoms with Gasteiger partial charge in [-0.05, 0) is 46.3 Å². The van der Waals surface area contributed by atoms with Crippen LogP contribution in [0.25, 0.3) is 10.9 Å². The molecule has 2 aromatic carbocycles. The number of rotatable bonds is 2. The van der Waals surface area contributed by atoms with Crippen LogP contribution in [0.1, 0.15) is 10.4 Å². The van der Waals surface area contributed by atoms with Crippen molar-refractivity contribution in [2.24, 2.45) is 0 Å². The first-order chi connectivity index (χ1) is 10.0. The highest BCUT2D eigenvalue weighted by atomic mass is 79.9. The fourth-order valence-corrected chi connectivity index (χ4v) is 2.32. The number of halogens is 3. The number of nitrogens with one attached hydrogen (secondary N) is 2. The standard InChI is InChI=1S/C15H9BrF2N2O/c16-10-6-12(18)14(7-11(10)17)20-15(21)9-1-2-13-8(5-9)3-4-19-13/h1-7,19H,(H,20,21). The predicted molar refractivity (Wildman–Crippen MR) is 80.3 cm³/mol. The number of hydrogen-bond donors (Lipinski definition) is 2. The van der Waals surface area contributed by atoms with Gasteiger partial charge in [-0.25, -0.2) is 8.78 Å². The summed E-state index contributed by atoms with van der Waals surface area (Å²) in [5.41, 5.74) is 1.06. The highest BCUT2D eigenvalue weighted by molar-refractivity contribution is 9.10. The lowest BCUT2D eigenvalue weighted by molar-refractivity contribution is 0.102. The van der Waals surface area contributed by atoms with Crippen LogP contribution in [0, 0.1) is 11.6 Å². The molecule has 0 fully saturated rings. The number of amides is 1. The summed E-state index contributed by atoms with van der Waals surface area (Å²) in [6.45, 7) is 0. The molecule has 3 aromatic rings. The van der Waals surface area contributed by atoms with Crippen molar-refractivity contribution < 1.29 is 13.6 Å². The Bertz CT molecular complexity index is 845. The molecule has 0 atom stereocenters. The highest BCUT2D eigenvalue weighted by Crippen LogP contribution is 2.24. The first-order valence-corrected chi connectivity index (χ1v) is 6.87. The zero-order valence-corrected chi connectivity index (χ0v) is 12.2. The minimum Gasteiger partial charge on any atom is -0.361 e. The second-order valence-electron chi connectivity index (χ2n) is 4.48. The second-order valence-corrected chi connectivity index (χ2v) is 5.33. The van der Waals surface area contributed by atoms with E-state index >= 15 is 0 Å². The smallest absolute Gasteiger partial charge is 0.255 e. The van der Waals surface area contributed by atoms with E-state index in [1.807, 2.05) is 6.07 Å². The molecule has 21 heavy (non-hydrogen) atoms. The van der Waals surface area contributed by atoms with Gasteiger partial charge < -0.3 is 10.3 Å². The summed E-state index contributed by atoms with van der Waals surface area (Å²) in [5.74, 6) is -1.86. The second kappa shape index (κ2) is 5.29. The zero-order chi connectivity index (χ0) is 15.0. The first kappa shape index (κ1) is 13.8. The molecule has 0 aliphatic rings. The lowest BCUT2D eigenvalue weighted by Crippen LogP contribution is -2.13. The maximum absolute atomic E-state index is 13.7. The SMILES string of the molecule is O=C(Nc1cc(F)c(Br)cc1F)c1ccc2[nH]ccc2c1. The van der Waals surface area contributed by atoms with E-state index in [4.69, 9.17) is 0 Å². The Hall–Kier alpha value is -2.21. The molecular weight excluding hydrogens is 342 g/mol. The van der Waals surface area contributed by atoms with E-state index in [-0.39, 0.29) is 10.2 Å². The molecule has 3 nitrogen and oxygen atoms in total. The Morgan fingerprint density at radius 3 is 2.71 bits per heavy atom. The average molecular weight is 351 g/mol. The molecular formula is C15H9BrF2N2O. The Balaban J connectivity index is 1.90. The van der Waals surface area contributed by atoms with Crippen LogP contribution in [0.3, 0.4) is 0 Å². The molecule has 0 unspecified atom stereocenters. The Morgan fingerprint density at radius 1 is 1.10 bits per heavy atom. The number of H-pyrrole nitrogens is 1. The molecule has 1 aromatic heterocycles. The number of aromatic nitrogens is 1. The Labute approximate surface area is 127 Å². The minimum absolute atomic E-state index is 0.00624. The van der Waals surface area contributed by atoms with Crippen LogP contribution >= 0.6 is 15.9 Å². The van der Waals surface area contributed by atoms with Crippen molar-refractivity contribution in [2.45, 2.75) is 0 Å². The molecule has 106 valence electrons. The van der Waals surface area contributed by atoms with Crippen LogP contribution < -0.4 is 5.32 Å². The predicted octanol–water partition coefficient (Wildman–Crippen LogP) is 4.46. The zero-order valence-electron chi connectivity index (χ0n) is 10.6. The fraction of sp³-hybridized carbons (Fsp3) is 0. The van der Waals surface area contributed by atoms with Gasteiger partial charge in [0.15, 0.2) is 0 Å². The summed E-state index contributed by atoms with van der Waals surface area (Å²) < 4.78 is 27.1. The number of anilines is 1. The van der Waals surface area contributed by atoms with Gasteiger partial charge in [0.2, 0.25) is 0 Å². The molecule has 0 saturated carbocycles. The molecule has 1 amide bonds. The summed E-state index contributed by atoms with van der Waals surface area (Å²) in [6, 6.07) is 8.77. The third-order valence-electron chi connectivity index (χ3n) is 3.07. The quantitative estimate of drug-likeness (QED) is 0.658. The van der Waals surface area contributed by atoms with Gasteiger partial charge in [-0.3, -0.25) is 4.79 Å². The van der Waals surface area contributed by atoms with Crippen molar-refractivity contribution in [3.8, 4) is 0 Å². The number of benzene rings is 2. The van der Waals surface area contributed by atoms with Crippen molar-refractivity contribution in [1.82, 2.24) is 4.98 Å². The van der Waals surface area contributed by atoms with Crippen molar-refractivity contribution >= 4 is 38.4 Å². The third-order valence-corrected chi connectivity index (χ3v) is 3.68. The monoisotopic (exact) mass is 350 g/mol. The number of carbonyl (C=O) groups excluding carboxylic acids is 1. The number of aromatic amines is 1. The molecule has 0 radical (unpaired) electrons. The van der Waals surface area contributed by atoms with Crippen LogP contribution in [0.5, 0.6) is 0 Å². The lowest BCUT2D eigenvalue weighted by Gasteiger charge is -2.07. The average Bonchev–Trinajstić information content (AvgIpc) is 2.92. The minimum atomic E-state index is -0.709. The van der Waals surface area contributed by atoms with Gasteiger partial charge in [-0.1, -0.05) is 0 Å². The number of fused-ring (bicyclic) bond motifs is 1. The van der Waals surface area contributed by atoms with Gasteiger partial charge in [0, 0.05) is 28.7 Å². The van der Waals surface area contributed by atoms with Crippen LogP contribution in [0.4, 0.5) is 14.5 Å². The summed E-state index contributed by atoms with van der Waals surface area (Å²) in [7, 11) is 0. The largest absolute Gasteiger partial charge is 0.361 e. The molecule has 0 aliphatic heterocycles. The molecule has 0 spiro atoms. The Kier molecular flexibility index (Phi) is 3.47. The van der Waals surface area contributed by atoms with E-state index in [9.17, 15) is 13.6 Å². The van der Waals surface area contributed by atoms with E-state index in [0.29, 0.717) is 5.56 Å². The molecule has 0 bridgehead atoms. The lowest BCUT2D eigenvalue weighted by atomic mass is 10.1. The number of carbonyl (C=O) groups is 1. The summed E-state index contributed by atoms with van der Waals surface area (Å²) in [6.07, 6.45) is 1.76. The summed E-state index contributed by atoms with van der Waals surface area (Å²) >= 11 is 2.88. The Morgan fingerprint density at radius 2 is 1.90 bits per heavy atom. The summed E-state index contributed by atoms with van der Waals surface area (Å²) in [4.78, 5) is 15.1. The van der Waals surface area contributed by atoms with Crippen molar-refractivity contribution in [3.63, 3.8) is 0 Å². The third kappa shape index (κ3) is 2.67. The first-order valence-electron chi connectivity index (χ1n) is 6.07. The van der Waals surface area contributed by atoms with E-state index in [2.05, 4.69) is 26.2 Å². The van der Waals surface area contributed by atoms with Crippen LogP contribution in [0.2, 0.25) is 0 Å². The normalized spacial score (nSPS) is 10.8. The maximum Gasteiger partial charge on any atom is 0.255 e. The van der Waals surface area contributed by atoms with Gasteiger partial charge in [-0.2, -0.15) is 0 Å². The van der Waals surface area contributed by atoms with Crippen LogP contribution in [-0.2, 0) is 0 Å². The van der Waals surface area contributed by atoms with Gasteiger partial charge in [0.25, 0.3) is 5.91 Å².